The lowest BCUT2D eigenvalue weighted by atomic mass is 9.97. The number of benzene rings is 1. The van der Waals surface area contributed by atoms with Crippen molar-refractivity contribution in [2.75, 3.05) is 24.5 Å². The molecule has 27 heavy (non-hydrogen) atoms. The summed E-state index contributed by atoms with van der Waals surface area (Å²) in [6, 6.07) is 7.28. The van der Waals surface area contributed by atoms with E-state index in [0.29, 0.717) is 43.0 Å². The molecule has 6 nitrogen and oxygen atoms in total. The molecule has 2 saturated heterocycles. The average Bonchev–Trinajstić information content (AvgIpc) is 2.97. The van der Waals surface area contributed by atoms with Gasteiger partial charge in [0, 0.05) is 32.5 Å². The molecule has 0 aliphatic carbocycles. The van der Waals surface area contributed by atoms with Crippen LogP contribution in [0.5, 0.6) is 0 Å². The molecule has 0 bridgehead atoms. The Balaban J connectivity index is 1.55. The van der Waals surface area contributed by atoms with Crippen molar-refractivity contribution in [1.29, 1.82) is 0 Å². The van der Waals surface area contributed by atoms with E-state index < -0.39 is 5.66 Å². The number of piperidine rings is 1. The fraction of sp³-hybridized carbons (Fsp3) is 0.571. The van der Waals surface area contributed by atoms with Crippen molar-refractivity contribution in [3.63, 3.8) is 0 Å². The highest BCUT2D eigenvalue weighted by Gasteiger charge is 2.52. The van der Waals surface area contributed by atoms with Gasteiger partial charge in [0.15, 0.2) is 0 Å². The van der Waals surface area contributed by atoms with E-state index in [2.05, 4.69) is 6.92 Å². The first-order valence-electron chi connectivity index (χ1n) is 9.93. The standard InChI is InChI=1S/C21H27N3O3/c1-15-8-12-22(13-9-15)18(25)10-14-23-20(27)16-5-3-4-6-17(16)24-19(26)7-11-21(23,24)2/h3-6,15H,7-14H2,1-2H3. The zero-order chi connectivity index (χ0) is 19.2. The molecule has 6 heteroatoms. The number of likely N-dealkylation sites (tertiary alicyclic amines) is 1. The highest BCUT2D eigenvalue weighted by Crippen LogP contribution is 2.44. The Bertz CT molecular complexity index is 785. The third-order valence-electron chi connectivity index (χ3n) is 6.43. The Morgan fingerprint density at radius 1 is 1.19 bits per heavy atom. The van der Waals surface area contributed by atoms with Crippen LogP contribution >= 0.6 is 0 Å². The minimum absolute atomic E-state index is 0.0406. The predicted molar refractivity (Wildman–Crippen MR) is 102 cm³/mol. The summed E-state index contributed by atoms with van der Waals surface area (Å²) in [5.74, 6) is 0.733. The van der Waals surface area contributed by atoms with Gasteiger partial charge >= 0.3 is 0 Å². The maximum Gasteiger partial charge on any atom is 0.257 e. The van der Waals surface area contributed by atoms with Gasteiger partial charge in [0.1, 0.15) is 5.66 Å². The number of carbonyl (C=O) groups is 3. The lowest BCUT2D eigenvalue weighted by Gasteiger charge is -2.48. The van der Waals surface area contributed by atoms with Crippen LogP contribution < -0.4 is 4.90 Å². The molecule has 0 spiro atoms. The number of hydrogen-bond donors (Lipinski definition) is 0. The number of hydrogen-bond acceptors (Lipinski definition) is 3. The van der Waals surface area contributed by atoms with Crippen molar-refractivity contribution in [3.05, 3.63) is 29.8 Å². The molecule has 0 radical (unpaired) electrons. The third-order valence-corrected chi connectivity index (χ3v) is 6.43. The van der Waals surface area contributed by atoms with Crippen LogP contribution in [0.4, 0.5) is 5.69 Å². The quantitative estimate of drug-likeness (QED) is 0.823. The van der Waals surface area contributed by atoms with Gasteiger partial charge in [-0.3, -0.25) is 19.3 Å². The SMILES string of the molecule is CC1CCN(C(=O)CCN2C(=O)c3ccccc3N3C(=O)CCC23C)CC1. The Morgan fingerprint density at radius 2 is 1.89 bits per heavy atom. The molecule has 1 aromatic carbocycles. The minimum atomic E-state index is -0.681. The molecule has 4 rings (SSSR count). The normalized spacial score (nSPS) is 25.6. The summed E-state index contributed by atoms with van der Waals surface area (Å²) in [6.07, 6.45) is 3.41. The van der Waals surface area contributed by atoms with Crippen molar-refractivity contribution in [2.24, 2.45) is 5.92 Å². The number of amides is 3. The van der Waals surface area contributed by atoms with Gasteiger partial charge in [-0.1, -0.05) is 19.1 Å². The first-order valence-corrected chi connectivity index (χ1v) is 9.93. The summed E-state index contributed by atoms with van der Waals surface area (Å²) in [5, 5.41) is 0. The van der Waals surface area contributed by atoms with Gasteiger partial charge in [-0.15, -0.1) is 0 Å². The number of para-hydroxylation sites is 1. The first-order chi connectivity index (χ1) is 12.9. The van der Waals surface area contributed by atoms with Crippen LogP contribution in [-0.4, -0.2) is 52.8 Å². The summed E-state index contributed by atoms with van der Waals surface area (Å²) in [7, 11) is 0. The van der Waals surface area contributed by atoms with Crippen molar-refractivity contribution in [3.8, 4) is 0 Å². The second-order valence-corrected chi connectivity index (χ2v) is 8.23. The smallest absolute Gasteiger partial charge is 0.257 e. The van der Waals surface area contributed by atoms with E-state index in [1.54, 1.807) is 15.9 Å². The van der Waals surface area contributed by atoms with Crippen LogP contribution in [0.1, 0.15) is 56.3 Å². The topological polar surface area (TPSA) is 60.9 Å². The molecule has 3 heterocycles. The van der Waals surface area contributed by atoms with Gasteiger partial charge in [-0.2, -0.15) is 0 Å². The Morgan fingerprint density at radius 3 is 2.63 bits per heavy atom. The Hall–Kier alpha value is -2.37. The molecule has 1 aromatic rings. The van der Waals surface area contributed by atoms with Gasteiger partial charge in [-0.05, 0) is 44.2 Å². The molecule has 3 amide bonds. The van der Waals surface area contributed by atoms with Gasteiger partial charge in [0.2, 0.25) is 11.8 Å². The summed E-state index contributed by atoms with van der Waals surface area (Å²) in [4.78, 5) is 43.8. The number of fused-ring (bicyclic) bond motifs is 3. The lowest BCUT2D eigenvalue weighted by Crippen LogP contribution is -2.62. The van der Waals surface area contributed by atoms with Gasteiger partial charge in [0.25, 0.3) is 5.91 Å². The maximum absolute atomic E-state index is 13.2. The van der Waals surface area contributed by atoms with E-state index in [4.69, 9.17) is 0 Å². The van der Waals surface area contributed by atoms with Crippen LogP contribution in [0, 0.1) is 5.92 Å². The zero-order valence-electron chi connectivity index (χ0n) is 16.1. The fourth-order valence-electron chi connectivity index (χ4n) is 4.67. The van der Waals surface area contributed by atoms with Crippen molar-refractivity contribution < 1.29 is 14.4 Å². The monoisotopic (exact) mass is 369 g/mol. The maximum atomic E-state index is 13.2. The summed E-state index contributed by atoms with van der Waals surface area (Å²) in [6.45, 7) is 6.12. The molecule has 3 aliphatic rings. The Kier molecular flexibility index (Phi) is 4.44. The molecule has 2 fully saturated rings. The van der Waals surface area contributed by atoms with Crippen molar-refractivity contribution >= 4 is 23.4 Å². The molecular formula is C21H27N3O3. The number of anilines is 1. The van der Waals surface area contributed by atoms with Crippen LogP contribution in [0.25, 0.3) is 0 Å². The van der Waals surface area contributed by atoms with E-state index in [0.717, 1.165) is 25.9 Å². The highest BCUT2D eigenvalue weighted by molar-refractivity contribution is 6.10. The van der Waals surface area contributed by atoms with E-state index in [1.165, 1.54) is 0 Å². The number of rotatable bonds is 3. The van der Waals surface area contributed by atoms with E-state index in [1.807, 2.05) is 30.0 Å². The first kappa shape index (κ1) is 18.0. The second-order valence-electron chi connectivity index (χ2n) is 8.23. The number of carbonyl (C=O) groups excluding carboxylic acids is 3. The van der Waals surface area contributed by atoms with Gasteiger partial charge in [-0.25, -0.2) is 0 Å². The van der Waals surface area contributed by atoms with Crippen molar-refractivity contribution in [2.45, 2.75) is 51.6 Å². The predicted octanol–water partition coefficient (Wildman–Crippen LogP) is 2.63. The van der Waals surface area contributed by atoms with E-state index in [9.17, 15) is 14.4 Å². The molecule has 1 unspecified atom stereocenters. The lowest BCUT2D eigenvalue weighted by molar-refractivity contribution is -0.132. The van der Waals surface area contributed by atoms with Crippen LogP contribution in [-0.2, 0) is 9.59 Å². The van der Waals surface area contributed by atoms with Crippen LogP contribution in [0.3, 0.4) is 0 Å². The summed E-state index contributed by atoms with van der Waals surface area (Å²) >= 11 is 0. The molecule has 1 atom stereocenters. The molecule has 0 aromatic heterocycles. The fourth-order valence-corrected chi connectivity index (χ4v) is 4.67. The molecular weight excluding hydrogens is 342 g/mol. The number of nitrogens with zero attached hydrogens (tertiary/aromatic N) is 3. The molecule has 0 N–H and O–H groups in total. The highest BCUT2D eigenvalue weighted by atomic mass is 16.2. The molecule has 0 saturated carbocycles. The minimum Gasteiger partial charge on any atom is -0.343 e. The average molecular weight is 369 g/mol. The van der Waals surface area contributed by atoms with E-state index >= 15 is 0 Å². The molecule has 144 valence electrons. The van der Waals surface area contributed by atoms with Crippen LogP contribution in [0.15, 0.2) is 24.3 Å². The van der Waals surface area contributed by atoms with E-state index in [-0.39, 0.29) is 17.7 Å². The summed E-state index contributed by atoms with van der Waals surface area (Å²) in [5.41, 5.74) is 0.559. The molecule has 3 aliphatic heterocycles. The van der Waals surface area contributed by atoms with Gasteiger partial charge < -0.3 is 9.80 Å². The third kappa shape index (κ3) is 2.91. The largest absolute Gasteiger partial charge is 0.343 e. The second kappa shape index (κ2) is 6.66. The zero-order valence-corrected chi connectivity index (χ0v) is 16.1. The summed E-state index contributed by atoms with van der Waals surface area (Å²) < 4.78 is 0. The van der Waals surface area contributed by atoms with Crippen molar-refractivity contribution in [1.82, 2.24) is 9.80 Å². The van der Waals surface area contributed by atoms with Crippen LogP contribution in [0.2, 0.25) is 0 Å². The Labute approximate surface area is 160 Å². The van der Waals surface area contributed by atoms with Gasteiger partial charge in [0.05, 0.1) is 11.3 Å².